The maximum atomic E-state index is 9.87. The van der Waals surface area contributed by atoms with Crippen molar-refractivity contribution in [2.75, 3.05) is 18.5 Å². The SMILES string of the molecule is Cc1ccc(NCC(O)COC2CCCC2)cc1Cl. The third-order valence-corrected chi connectivity index (χ3v) is 3.95. The molecule has 0 heterocycles. The Morgan fingerprint density at radius 2 is 2.16 bits per heavy atom. The summed E-state index contributed by atoms with van der Waals surface area (Å²) in [5.41, 5.74) is 1.98. The maximum absolute atomic E-state index is 9.87. The van der Waals surface area contributed by atoms with Crippen molar-refractivity contribution in [3.8, 4) is 0 Å². The average Bonchev–Trinajstić information content (AvgIpc) is 2.91. The van der Waals surface area contributed by atoms with E-state index in [4.69, 9.17) is 16.3 Å². The molecule has 1 fully saturated rings. The number of benzene rings is 1. The molecule has 0 aliphatic heterocycles. The fraction of sp³-hybridized carbons (Fsp3) is 0.600. The van der Waals surface area contributed by atoms with Gasteiger partial charge in [0.2, 0.25) is 0 Å². The van der Waals surface area contributed by atoms with E-state index < -0.39 is 6.10 Å². The van der Waals surface area contributed by atoms with Gasteiger partial charge in [-0.3, -0.25) is 0 Å². The van der Waals surface area contributed by atoms with Crippen LogP contribution in [0.5, 0.6) is 0 Å². The van der Waals surface area contributed by atoms with Gasteiger partial charge in [0.05, 0.1) is 18.8 Å². The number of aliphatic hydroxyl groups is 1. The standard InChI is InChI=1S/C15H22ClNO2/c1-11-6-7-12(8-15(11)16)17-9-13(18)10-19-14-4-2-3-5-14/h6-8,13-14,17-18H,2-5,9-10H2,1H3. The van der Waals surface area contributed by atoms with Crippen molar-refractivity contribution in [3.05, 3.63) is 28.8 Å². The van der Waals surface area contributed by atoms with Crippen LogP contribution in [0.25, 0.3) is 0 Å². The van der Waals surface area contributed by atoms with Crippen molar-refractivity contribution in [1.82, 2.24) is 0 Å². The zero-order valence-electron chi connectivity index (χ0n) is 11.4. The Balaban J connectivity index is 1.70. The number of hydrogen-bond donors (Lipinski definition) is 2. The average molecular weight is 284 g/mol. The minimum absolute atomic E-state index is 0.350. The number of nitrogens with one attached hydrogen (secondary N) is 1. The van der Waals surface area contributed by atoms with Crippen LogP contribution in [0.1, 0.15) is 31.2 Å². The highest BCUT2D eigenvalue weighted by molar-refractivity contribution is 6.31. The normalized spacial score (nSPS) is 17.6. The summed E-state index contributed by atoms with van der Waals surface area (Å²) < 4.78 is 5.68. The minimum atomic E-state index is -0.485. The van der Waals surface area contributed by atoms with Crippen molar-refractivity contribution in [3.63, 3.8) is 0 Å². The van der Waals surface area contributed by atoms with E-state index in [-0.39, 0.29) is 0 Å². The van der Waals surface area contributed by atoms with Crippen LogP contribution in [0.15, 0.2) is 18.2 Å². The Labute approximate surface area is 119 Å². The molecule has 1 unspecified atom stereocenters. The molecule has 1 saturated carbocycles. The number of ether oxygens (including phenoxy) is 1. The molecule has 2 N–H and O–H groups in total. The largest absolute Gasteiger partial charge is 0.389 e. The lowest BCUT2D eigenvalue weighted by Crippen LogP contribution is -2.27. The second-order valence-electron chi connectivity index (χ2n) is 5.24. The van der Waals surface area contributed by atoms with Crippen molar-refractivity contribution >= 4 is 17.3 Å². The van der Waals surface area contributed by atoms with Gasteiger partial charge in [-0.1, -0.05) is 30.5 Å². The summed E-state index contributed by atoms with van der Waals surface area (Å²) in [7, 11) is 0. The first-order valence-electron chi connectivity index (χ1n) is 6.95. The molecule has 1 aliphatic carbocycles. The van der Waals surface area contributed by atoms with E-state index in [0.717, 1.165) is 29.1 Å². The van der Waals surface area contributed by atoms with Crippen LogP contribution in [0.4, 0.5) is 5.69 Å². The lowest BCUT2D eigenvalue weighted by Gasteiger charge is -2.16. The monoisotopic (exact) mass is 283 g/mol. The van der Waals surface area contributed by atoms with Gasteiger partial charge in [-0.15, -0.1) is 0 Å². The van der Waals surface area contributed by atoms with Crippen LogP contribution in [0, 0.1) is 6.92 Å². The molecule has 0 bridgehead atoms. The highest BCUT2D eigenvalue weighted by Crippen LogP contribution is 2.21. The predicted octanol–water partition coefficient (Wildman–Crippen LogP) is 3.38. The lowest BCUT2D eigenvalue weighted by molar-refractivity contribution is -0.00117. The van der Waals surface area contributed by atoms with Crippen molar-refractivity contribution < 1.29 is 9.84 Å². The summed E-state index contributed by atoms with van der Waals surface area (Å²) in [5, 5.41) is 13.8. The van der Waals surface area contributed by atoms with Crippen LogP contribution in [-0.2, 0) is 4.74 Å². The molecule has 0 amide bonds. The maximum Gasteiger partial charge on any atom is 0.0945 e. The molecule has 1 aromatic rings. The first-order valence-corrected chi connectivity index (χ1v) is 7.32. The molecule has 0 spiro atoms. The molecule has 2 rings (SSSR count). The van der Waals surface area contributed by atoms with E-state index in [1.54, 1.807) is 0 Å². The Bertz CT molecular complexity index is 405. The highest BCUT2D eigenvalue weighted by Gasteiger charge is 2.16. The molecule has 0 aromatic heterocycles. The summed E-state index contributed by atoms with van der Waals surface area (Å²) in [5.74, 6) is 0. The van der Waals surface area contributed by atoms with Crippen molar-refractivity contribution in [2.24, 2.45) is 0 Å². The summed E-state index contributed by atoms with van der Waals surface area (Å²) in [6.45, 7) is 2.85. The fourth-order valence-corrected chi connectivity index (χ4v) is 2.48. The summed E-state index contributed by atoms with van der Waals surface area (Å²) in [6, 6.07) is 5.80. The van der Waals surface area contributed by atoms with Gasteiger partial charge in [0.25, 0.3) is 0 Å². The number of aliphatic hydroxyl groups excluding tert-OH is 1. The minimum Gasteiger partial charge on any atom is -0.389 e. The predicted molar refractivity (Wildman–Crippen MR) is 78.9 cm³/mol. The van der Waals surface area contributed by atoms with Gasteiger partial charge < -0.3 is 15.2 Å². The Hall–Kier alpha value is -0.770. The molecule has 1 atom stereocenters. The summed E-state index contributed by atoms with van der Waals surface area (Å²) >= 11 is 6.05. The number of rotatable bonds is 6. The fourth-order valence-electron chi connectivity index (χ4n) is 2.30. The van der Waals surface area contributed by atoms with E-state index in [1.807, 2.05) is 25.1 Å². The summed E-state index contributed by atoms with van der Waals surface area (Å²) in [6.07, 6.45) is 4.63. The van der Waals surface area contributed by atoms with Crippen molar-refractivity contribution in [1.29, 1.82) is 0 Å². The van der Waals surface area contributed by atoms with Crippen LogP contribution < -0.4 is 5.32 Å². The molecule has 1 aliphatic rings. The number of anilines is 1. The second kappa shape index (κ2) is 7.13. The molecule has 3 nitrogen and oxygen atoms in total. The van der Waals surface area contributed by atoms with E-state index >= 15 is 0 Å². The molecular weight excluding hydrogens is 262 g/mol. The summed E-state index contributed by atoms with van der Waals surface area (Å²) in [4.78, 5) is 0. The van der Waals surface area contributed by atoms with Gasteiger partial charge >= 0.3 is 0 Å². The molecule has 0 saturated heterocycles. The molecule has 106 valence electrons. The van der Waals surface area contributed by atoms with Crippen LogP contribution >= 0.6 is 11.6 Å². The van der Waals surface area contributed by atoms with Crippen LogP contribution in [0.2, 0.25) is 5.02 Å². The number of aryl methyl sites for hydroxylation is 1. The quantitative estimate of drug-likeness (QED) is 0.841. The zero-order chi connectivity index (χ0) is 13.7. The topological polar surface area (TPSA) is 41.5 Å². The van der Waals surface area contributed by atoms with Gasteiger partial charge in [-0.25, -0.2) is 0 Å². The van der Waals surface area contributed by atoms with E-state index in [9.17, 15) is 5.11 Å². The van der Waals surface area contributed by atoms with Gasteiger partial charge in [0, 0.05) is 17.3 Å². The van der Waals surface area contributed by atoms with Gasteiger partial charge in [0.15, 0.2) is 0 Å². The Kier molecular flexibility index (Phi) is 5.49. The van der Waals surface area contributed by atoms with Crippen LogP contribution in [-0.4, -0.2) is 30.5 Å². The molecule has 4 heteroatoms. The van der Waals surface area contributed by atoms with Crippen LogP contribution in [0.3, 0.4) is 0 Å². The van der Waals surface area contributed by atoms with Gasteiger partial charge in [-0.2, -0.15) is 0 Å². The molecule has 1 aromatic carbocycles. The first kappa shape index (κ1) is 14.6. The first-order chi connectivity index (χ1) is 9.15. The second-order valence-corrected chi connectivity index (χ2v) is 5.65. The lowest BCUT2D eigenvalue weighted by atomic mass is 10.2. The van der Waals surface area contributed by atoms with E-state index in [0.29, 0.717) is 19.3 Å². The zero-order valence-corrected chi connectivity index (χ0v) is 12.1. The van der Waals surface area contributed by atoms with E-state index in [2.05, 4.69) is 5.32 Å². The third-order valence-electron chi connectivity index (χ3n) is 3.54. The number of hydrogen-bond acceptors (Lipinski definition) is 3. The Morgan fingerprint density at radius 3 is 2.84 bits per heavy atom. The molecular formula is C15H22ClNO2. The highest BCUT2D eigenvalue weighted by atomic mass is 35.5. The van der Waals surface area contributed by atoms with Gasteiger partial charge in [-0.05, 0) is 37.5 Å². The van der Waals surface area contributed by atoms with Gasteiger partial charge in [0.1, 0.15) is 0 Å². The third kappa shape index (κ3) is 4.68. The molecule has 0 radical (unpaired) electrons. The Morgan fingerprint density at radius 1 is 1.42 bits per heavy atom. The molecule has 19 heavy (non-hydrogen) atoms. The van der Waals surface area contributed by atoms with E-state index in [1.165, 1.54) is 12.8 Å². The smallest absolute Gasteiger partial charge is 0.0945 e. The number of halogens is 1. The van der Waals surface area contributed by atoms with Crippen molar-refractivity contribution in [2.45, 2.75) is 44.8 Å².